The van der Waals surface area contributed by atoms with Gasteiger partial charge >= 0.3 is 6.03 Å². The van der Waals surface area contributed by atoms with E-state index in [4.69, 9.17) is 22.1 Å². The fourth-order valence-electron chi connectivity index (χ4n) is 2.42. The third-order valence-corrected chi connectivity index (χ3v) is 4.07. The first-order chi connectivity index (χ1) is 10.8. The topological polar surface area (TPSA) is 64.3 Å². The summed E-state index contributed by atoms with van der Waals surface area (Å²) in [5, 5.41) is 3.65. The average molecular weight is 345 g/mol. The number of halogens is 1. The molecular formula is C18H33ClN2O2. The molecule has 3 N–H and O–H groups in total. The first-order valence-electron chi connectivity index (χ1n) is 8.35. The fourth-order valence-corrected chi connectivity index (χ4v) is 2.57. The van der Waals surface area contributed by atoms with Gasteiger partial charge in [0.05, 0.1) is 0 Å². The first-order valence-corrected chi connectivity index (χ1v) is 8.73. The van der Waals surface area contributed by atoms with E-state index in [9.17, 15) is 4.79 Å². The van der Waals surface area contributed by atoms with Crippen LogP contribution in [0.15, 0.2) is 22.3 Å². The number of carbonyl (C=O) groups is 1. The summed E-state index contributed by atoms with van der Waals surface area (Å²) in [4.78, 5) is 11.1. The van der Waals surface area contributed by atoms with Crippen LogP contribution in [0.25, 0.3) is 0 Å². The highest BCUT2D eigenvalue weighted by molar-refractivity contribution is 6.29. The van der Waals surface area contributed by atoms with Crippen molar-refractivity contribution < 1.29 is 9.53 Å². The molecule has 5 heteroatoms. The van der Waals surface area contributed by atoms with Crippen molar-refractivity contribution in [2.45, 2.75) is 65.8 Å². The number of rotatable bonds is 11. The summed E-state index contributed by atoms with van der Waals surface area (Å²) >= 11 is 6.23. The number of hydrogen-bond acceptors (Lipinski definition) is 2. The predicted molar refractivity (Wildman–Crippen MR) is 98.6 cm³/mol. The van der Waals surface area contributed by atoms with Gasteiger partial charge in [0.25, 0.3) is 0 Å². The summed E-state index contributed by atoms with van der Waals surface area (Å²) in [5.41, 5.74) is 7.62. The van der Waals surface area contributed by atoms with Gasteiger partial charge in [-0.25, -0.2) is 4.79 Å². The van der Waals surface area contributed by atoms with Gasteiger partial charge < -0.3 is 15.8 Å². The normalized spacial score (nSPS) is 14.7. The highest BCUT2D eigenvalue weighted by Crippen LogP contribution is 2.22. The summed E-state index contributed by atoms with van der Waals surface area (Å²) in [7, 11) is 1.73. The fraction of sp³-hybridized carbons (Fsp3) is 0.722. The Bertz CT molecular complexity index is 413. The maximum atomic E-state index is 11.1. The molecule has 0 radical (unpaired) electrons. The van der Waals surface area contributed by atoms with Gasteiger partial charge in [-0.1, -0.05) is 43.5 Å². The maximum Gasteiger partial charge on any atom is 0.312 e. The Morgan fingerprint density at radius 2 is 1.91 bits per heavy atom. The van der Waals surface area contributed by atoms with E-state index in [-0.39, 0.29) is 6.04 Å². The smallest absolute Gasteiger partial charge is 0.312 e. The number of amides is 2. The van der Waals surface area contributed by atoms with Crippen LogP contribution in [0.5, 0.6) is 0 Å². The van der Waals surface area contributed by atoms with E-state index in [2.05, 4.69) is 32.2 Å². The molecule has 0 heterocycles. The number of carbonyl (C=O) groups excluding carboxylic acids is 1. The standard InChI is InChI=1S/C18H33ClN2O2/c1-13(2)17(21-18(20)22)12-14(3)11-16(15(4)19)9-7-6-8-10-23-5/h11,13,17H,6-10,12H2,1-5H3,(H3,20,21,22)/b14-11+,16-15+. The Kier molecular flexibility index (Phi) is 11.9. The Morgan fingerprint density at radius 1 is 1.26 bits per heavy atom. The minimum Gasteiger partial charge on any atom is -0.385 e. The SMILES string of the molecule is COCCCCCC(/C=C(\C)CC(NC(N)=O)C(C)C)=C(/C)Cl. The zero-order valence-electron chi connectivity index (χ0n) is 15.2. The van der Waals surface area contributed by atoms with Crippen molar-refractivity contribution in [3.8, 4) is 0 Å². The second-order valence-electron chi connectivity index (χ2n) is 6.42. The van der Waals surface area contributed by atoms with Crippen LogP contribution in [0.2, 0.25) is 0 Å². The molecule has 0 aliphatic carbocycles. The zero-order chi connectivity index (χ0) is 17.8. The Hall–Kier alpha value is -1.00. The van der Waals surface area contributed by atoms with Crippen molar-refractivity contribution in [1.82, 2.24) is 5.32 Å². The monoisotopic (exact) mass is 344 g/mol. The Labute approximate surface area is 146 Å². The summed E-state index contributed by atoms with van der Waals surface area (Å²) in [6.45, 7) is 8.96. The van der Waals surface area contributed by atoms with Crippen molar-refractivity contribution >= 4 is 17.6 Å². The van der Waals surface area contributed by atoms with E-state index < -0.39 is 6.03 Å². The largest absolute Gasteiger partial charge is 0.385 e. The molecule has 4 nitrogen and oxygen atoms in total. The molecule has 0 saturated heterocycles. The van der Waals surface area contributed by atoms with Crippen molar-refractivity contribution in [3.05, 3.63) is 22.3 Å². The lowest BCUT2D eigenvalue weighted by molar-refractivity contribution is 0.192. The highest BCUT2D eigenvalue weighted by Gasteiger charge is 2.15. The number of nitrogens with one attached hydrogen (secondary N) is 1. The van der Waals surface area contributed by atoms with Gasteiger partial charge in [0, 0.05) is 24.8 Å². The molecule has 0 aromatic carbocycles. The second-order valence-corrected chi connectivity index (χ2v) is 6.98. The van der Waals surface area contributed by atoms with Crippen LogP contribution in [-0.4, -0.2) is 25.8 Å². The molecule has 0 aliphatic rings. The van der Waals surface area contributed by atoms with Gasteiger partial charge in [0.2, 0.25) is 0 Å². The van der Waals surface area contributed by atoms with Crippen molar-refractivity contribution in [2.75, 3.05) is 13.7 Å². The third kappa shape index (κ3) is 11.2. The summed E-state index contributed by atoms with van der Waals surface area (Å²) in [5.74, 6) is 0.324. The van der Waals surface area contributed by atoms with E-state index in [1.165, 1.54) is 11.1 Å². The molecule has 0 aromatic heterocycles. The van der Waals surface area contributed by atoms with E-state index in [0.717, 1.165) is 43.7 Å². The minimum atomic E-state index is -0.473. The lowest BCUT2D eigenvalue weighted by Crippen LogP contribution is -2.41. The van der Waals surface area contributed by atoms with Gasteiger partial charge in [-0.15, -0.1) is 0 Å². The van der Waals surface area contributed by atoms with Crippen molar-refractivity contribution in [2.24, 2.45) is 11.7 Å². The number of unbranched alkanes of at least 4 members (excludes halogenated alkanes) is 2. The van der Waals surface area contributed by atoms with Crippen LogP contribution < -0.4 is 11.1 Å². The summed E-state index contributed by atoms with van der Waals surface area (Å²) < 4.78 is 5.06. The number of hydrogen-bond donors (Lipinski definition) is 2. The van der Waals surface area contributed by atoms with Gasteiger partial charge in [0.15, 0.2) is 0 Å². The van der Waals surface area contributed by atoms with Crippen LogP contribution in [0.3, 0.4) is 0 Å². The minimum absolute atomic E-state index is 0.0438. The molecule has 2 amide bonds. The lowest BCUT2D eigenvalue weighted by Gasteiger charge is -2.22. The average Bonchev–Trinajstić information content (AvgIpc) is 2.44. The van der Waals surface area contributed by atoms with E-state index in [1.54, 1.807) is 7.11 Å². The summed E-state index contributed by atoms with van der Waals surface area (Å²) in [6.07, 6.45) is 7.19. The van der Waals surface area contributed by atoms with Gasteiger partial charge in [-0.05, 0) is 51.0 Å². The molecule has 0 aliphatic heterocycles. The lowest BCUT2D eigenvalue weighted by atomic mass is 9.95. The van der Waals surface area contributed by atoms with Crippen molar-refractivity contribution in [3.63, 3.8) is 0 Å². The van der Waals surface area contributed by atoms with Crippen LogP contribution in [0, 0.1) is 5.92 Å². The Morgan fingerprint density at radius 3 is 2.39 bits per heavy atom. The molecule has 134 valence electrons. The molecule has 0 spiro atoms. The molecule has 0 bridgehead atoms. The van der Waals surface area contributed by atoms with Gasteiger partial charge in [-0.2, -0.15) is 0 Å². The second kappa shape index (κ2) is 12.4. The Balaban J connectivity index is 4.66. The molecule has 0 fully saturated rings. The van der Waals surface area contributed by atoms with Crippen LogP contribution in [-0.2, 0) is 4.74 Å². The molecular weight excluding hydrogens is 312 g/mol. The third-order valence-electron chi connectivity index (χ3n) is 3.83. The van der Waals surface area contributed by atoms with E-state index >= 15 is 0 Å². The predicted octanol–water partition coefficient (Wildman–Crippen LogP) is 4.74. The zero-order valence-corrected chi connectivity index (χ0v) is 16.0. The molecule has 0 aromatic rings. The van der Waals surface area contributed by atoms with Crippen LogP contribution >= 0.6 is 11.6 Å². The van der Waals surface area contributed by atoms with Gasteiger partial charge in [-0.3, -0.25) is 0 Å². The van der Waals surface area contributed by atoms with Crippen LogP contribution in [0.4, 0.5) is 4.79 Å². The number of urea groups is 1. The quantitative estimate of drug-likeness (QED) is 0.420. The molecule has 0 rings (SSSR count). The van der Waals surface area contributed by atoms with Crippen molar-refractivity contribution in [1.29, 1.82) is 0 Å². The molecule has 1 unspecified atom stereocenters. The number of allylic oxidation sites excluding steroid dienone is 3. The molecule has 0 saturated carbocycles. The maximum absolute atomic E-state index is 11.1. The number of nitrogens with two attached hydrogens (primary N) is 1. The number of primary amides is 1. The van der Waals surface area contributed by atoms with Crippen LogP contribution in [0.1, 0.15) is 59.8 Å². The number of methoxy groups -OCH3 is 1. The highest BCUT2D eigenvalue weighted by atomic mass is 35.5. The molecule has 23 heavy (non-hydrogen) atoms. The molecule has 1 atom stereocenters. The van der Waals surface area contributed by atoms with E-state index in [1.807, 2.05) is 6.92 Å². The summed E-state index contributed by atoms with van der Waals surface area (Å²) in [6, 6.07) is -0.429. The van der Waals surface area contributed by atoms with Gasteiger partial charge in [0.1, 0.15) is 0 Å². The first kappa shape index (κ1) is 22.0. The van der Waals surface area contributed by atoms with E-state index in [0.29, 0.717) is 5.92 Å². The number of ether oxygens (including phenoxy) is 1.